The number of aryl methyl sites for hydroxylation is 1. The molecule has 1 aliphatic heterocycles. The maximum Gasteiger partial charge on any atom is 0.191 e. The van der Waals surface area contributed by atoms with Crippen LogP contribution in [0.25, 0.3) is 0 Å². The molecule has 0 aliphatic carbocycles. The van der Waals surface area contributed by atoms with Crippen molar-refractivity contribution < 1.29 is 0 Å². The fourth-order valence-corrected chi connectivity index (χ4v) is 2.68. The predicted octanol–water partition coefficient (Wildman–Crippen LogP) is 1.79. The van der Waals surface area contributed by atoms with Crippen LogP contribution in [0.2, 0.25) is 0 Å². The van der Waals surface area contributed by atoms with Crippen LogP contribution in [0.4, 0.5) is 0 Å². The van der Waals surface area contributed by atoms with Gasteiger partial charge in [-0.25, -0.2) is 4.98 Å². The number of aliphatic imine (C=N–C) groups is 1. The molecule has 17 heavy (non-hydrogen) atoms. The summed E-state index contributed by atoms with van der Waals surface area (Å²) in [4.78, 5) is 11.0. The highest BCUT2D eigenvalue weighted by molar-refractivity contribution is 7.09. The van der Waals surface area contributed by atoms with Crippen LogP contribution in [-0.4, -0.2) is 35.5 Å². The molecule has 0 unspecified atom stereocenters. The van der Waals surface area contributed by atoms with Crippen LogP contribution in [0.5, 0.6) is 0 Å². The summed E-state index contributed by atoms with van der Waals surface area (Å²) in [6.45, 7) is 4.89. The van der Waals surface area contributed by atoms with E-state index in [-0.39, 0.29) is 0 Å². The molecule has 5 heteroatoms. The van der Waals surface area contributed by atoms with Gasteiger partial charge in [0, 0.05) is 31.4 Å². The lowest BCUT2D eigenvalue weighted by Crippen LogP contribution is -2.41. The van der Waals surface area contributed by atoms with Gasteiger partial charge in [-0.2, -0.15) is 0 Å². The summed E-state index contributed by atoms with van der Waals surface area (Å²) in [6.07, 6.45) is 4.68. The average Bonchev–Trinajstić information content (AvgIpc) is 2.76. The number of hydrogen-bond donors (Lipinski definition) is 1. The third kappa shape index (κ3) is 3.70. The average molecular weight is 252 g/mol. The number of piperidine rings is 1. The first-order valence-corrected chi connectivity index (χ1v) is 7.09. The van der Waals surface area contributed by atoms with E-state index < -0.39 is 0 Å². The van der Waals surface area contributed by atoms with Gasteiger partial charge >= 0.3 is 0 Å². The Bertz CT molecular complexity index is 380. The van der Waals surface area contributed by atoms with E-state index in [1.807, 2.05) is 6.92 Å². The highest BCUT2D eigenvalue weighted by Gasteiger charge is 2.11. The van der Waals surface area contributed by atoms with Crippen LogP contribution in [0.1, 0.15) is 30.0 Å². The van der Waals surface area contributed by atoms with Crippen LogP contribution < -0.4 is 5.73 Å². The molecule has 2 N–H and O–H groups in total. The molecule has 1 aliphatic rings. The predicted molar refractivity (Wildman–Crippen MR) is 72.5 cm³/mol. The minimum Gasteiger partial charge on any atom is -0.370 e. The largest absolute Gasteiger partial charge is 0.370 e. The molecular weight excluding hydrogens is 232 g/mol. The van der Waals surface area contributed by atoms with E-state index in [4.69, 9.17) is 5.73 Å². The SMILES string of the molecule is Cc1nc(CCN=C(N)N2CCCCC2)cs1. The van der Waals surface area contributed by atoms with Gasteiger partial charge in [0.2, 0.25) is 0 Å². The minimum atomic E-state index is 0.705. The Kier molecular flexibility index (Phi) is 4.36. The Morgan fingerprint density at radius 1 is 1.47 bits per heavy atom. The van der Waals surface area contributed by atoms with E-state index in [1.165, 1.54) is 19.3 Å². The number of thiazole rings is 1. The zero-order valence-corrected chi connectivity index (χ0v) is 11.2. The topological polar surface area (TPSA) is 54.5 Å². The Morgan fingerprint density at radius 2 is 2.24 bits per heavy atom. The molecule has 0 aromatic carbocycles. The Morgan fingerprint density at radius 3 is 2.88 bits per heavy atom. The second-order valence-electron chi connectivity index (χ2n) is 4.40. The van der Waals surface area contributed by atoms with E-state index in [9.17, 15) is 0 Å². The highest BCUT2D eigenvalue weighted by atomic mass is 32.1. The Labute approximate surface area is 107 Å². The highest BCUT2D eigenvalue weighted by Crippen LogP contribution is 2.09. The van der Waals surface area contributed by atoms with Crippen molar-refractivity contribution in [1.82, 2.24) is 9.88 Å². The second-order valence-corrected chi connectivity index (χ2v) is 5.46. The van der Waals surface area contributed by atoms with Crippen molar-refractivity contribution >= 4 is 17.3 Å². The number of likely N-dealkylation sites (tertiary alicyclic amines) is 1. The summed E-state index contributed by atoms with van der Waals surface area (Å²) >= 11 is 1.69. The van der Waals surface area contributed by atoms with E-state index in [0.29, 0.717) is 5.96 Å². The van der Waals surface area contributed by atoms with Crippen molar-refractivity contribution in [1.29, 1.82) is 0 Å². The molecule has 0 atom stereocenters. The third-order valence-electron chi connectivity index (χ3n) is 2.99. The van der Waals surface area contributed by atoms with Crippen molar-refractivity contribution in [2.75, 3.05) is 19.6 Å². The first-order chi connectivity index (χ1) is 8.25. The first kappa shape index (κ1) is 12.4. The van der Waals surface area contributed by atoms with Gasteiger partial charge in [0.05, 0.1) is 10.7 Å². The summed E-state index contributed by atoms with van der Waals surface area (Å²) in [7, 11) is 0. The Balaban J connectivity index is 1.79. The molecule has 2 heterocycles. The molecule has 94 valence electrons. The second kappa shape index (κ2) is 6.00. The molecule has 0 bridgehead atoms. The smallest absolute Gasteiger partial charge is 0.191 e. The van der Waals surface area contributed by atoms with Crippen LogP contribution in [0.15, 0.2) is 10.4 Å². The quantitative estimate of drug-likeness (QED) is 0.659. The van der Waals surface area contributed by atoms with Crippen LogP contribution in [0, 0.1) is 6.92 Å². The number of hydrogen-bond acceptors (Lipinski definition) is 3. The lowest BCUT2D eigenvalue weighted by atomic mass is 10.1. The van der Waals surface area contributed by atoms with Crippen molar-refractivity contribution in [3.8, 4) is 0 Å². The van der Waals surface area contributed by atoms with Gasteiger partial charge in [-0.1, -0.05) is 0 Å². The third-order valence-corrected chi connectivity index (χ3v) is 3.81. The number of aromatic nitrogens is 1. The van der Waals surface area contributed by atoms with Crippen LogP contribution >= 0.6 is 11.3 Å². The normalized spacial score (nSPS) is 17.5. The van der Waals surface area contributed by atoms with Gasteiger partial charge in [0.25, 0.3) is 0 Å². The number of nitrogens with two attached hydrogens (primary N) is 1. The molecular formula is C12H20N4S. The van der Waals surface area contributed by atoms with Gasteiger partial charge in [-0.15, -0.1) is 11.3 Å². The monoisotopic (exact) mass is 252 g/mol. The molecule has 1 saturated heterocycles. The lowest BCUT2D eigenvalue weighted by molar-refractivity contribution is 0.338. The fraction of sp³-hybridized carbons (Fsp3) is 0.667. The summed E-state index contributed by atoms with van der Waals surface area (Å²) in [6, 6.07) is 0. The van der Waals surface area contributed by atoms with Crippen LogP contribution in [0.3, 0.4) is 0 Å². The summed E-state index contributed by atoms with van der Waals surface area (Å²) < 4.78 is 0. The van der Waals surface area contributed by atoms with E-state index in [1.54, 1.807) is 11.3 Å². The fourth-order valence-electron chi connectivity index (χ4n) is 2.03. The van der Waals surface area contributed by atoms with Gasteiger partial charge < -0.3 is 10.6 Å². The van der Waals surface area contributed by atoms with Gasteiger partial charge in [0.1, 0.15) is 0 Å². The molecule has 4 nitrogen and oxygen atoms in total. The molecule has 1 aromatic rings. The van der Waals surface area contributed by atoms with Crippen molar-refractivity contribution in [3.05, 3.63) is 16.1 Å². The van der Waals surface area contributed by atoms with Gasteiger partial charge in [-0.05, 0) is 26.2 Å². The molecule has 2 rings (SSSR count). The maximum absolute atomic E-state index is 5.98. The van der Waals surface area contributed by atoms with Gasteiger partial charge in [0.15, 0.2) is 5.96 Å². The van der Waals surface area contributed by atoms with Crippen molar-refractivity contribution in [2.45, 2.75) is 32.6 Å². The minimum absolute atomic E-state index is 0.705. The van der Waals surface area contributed by atoms with E-state index in [2.05, 4.69) is 20.3 Å². The maximum atomic E-state index is 5.98. The summed E-state index contributed by atoms with van der Waals surface area (Å²) in [5, 5.41) is 3.22. The molecule has 0 saturated carbocycles. The van der Waals surface area contributed by atoms with E-state index in [0.717, 1.165) is 36.8 Å². The molecule has 0 amide bonds. The zero-order chi connectivity index (χ0) is 12.1. The summed E-state index contributed by atoms with van der Waals surface area (Å²) in [5.74, 6) is 0.705. The first-order valence-electron chi connectivity index (χ1n) is 6.21. The van der Waals surface area contributed by atoms with Gasteiger partial charge in [-0.3, -0.25) is 4.99 Å². The number of rotatable bonds is 3. The zero-order valence-electron chi connectivity index (χ0n) is 10.4. The van der Waals surface area contributed by atoms with Crippen molar-refractivity contribution in [2.24, 2.45) is 10.7 Å². The van der Waals surface area contributed by atoms with Crippen LogP contribution in [-0.2, 0) is 6.42 Å². The lowest BCUT2D eigenvalue weighted by Gasteiger charge is -2.27. The number of guanidine groups is 1. The molecule has 1 fully saturated rings. The molecule has 0 spiro atoms. The number of nitrogens with zero attached hydrogens (tertiary/aromatic N) is 3. The van der Waals surface area contributed by atoms with E-state index >= 15 is 0 Å². The molecule has 1 aromatic heterocycles. The standard InChI is InChI=1S/C12H20N4S/c1-10-15-11(9-17-10)5-6-14-12(13)16-7-3-2-4-8-16/h9H,2-8H2,1H3,(H2,13,14). The molecule has 0 radical (unpaired) electrons. The van der Waals surface area contributed by atoms with Crippen molar-refractivity contribution in [3.63, 3.8) is 0 Å². The Hall–Kier alpha value is -1.10. The summed E-state index contributed by atoms with van der Waals surface area (Å²) in [5.41, 5.74) is 7.10.